The van der Waals surface area contributed by atoms with E-state index in [-0.39, 0.29) is 28.2 Å². The molecule has 4 nitrogen and oxygen atoms in total. The smallest absolute Gasteiger partial charge is 0.337 e. The van der Waals surface area contributed by atoms with Crippen LogP contribution in [0.2, 0.25) is 0 Å². The first-order valence-corrected chi connectivity index (χ1v) is 19.2. The van der Waals surface area contributed by atoms with Crippen LogP contribution in [0, 0.1) is 83.9 Å². The van der Waals surface area contributed by atoms with Crippen LogP contribution in [-0.2, 0) is 9.53 Å². The minimum atomic E-state index is -0.278. The van der Waals surface area contributed by atoms with Crippen LogP contribution in [0.15, 0.2) is 43.0 Å². The third-order valence-electron chi connectivity index (χ3n) is 14.1. The fourth-order valence-electron chi connectivity index (χ4n) is 12.1. The number of carbonyl (C=O) groups excluding carboxylic acids is 2. The number of esters is 1. The second-order valence-corrected chi connectivity index (χ2v) is 16.6. The maximum atomic E-state index is 12.6. The lowest BCUT2D eigenvalue weighted by molar-refractivity contribution is -0.216. The second kappa shape index (κ2) is 17.3. The maximum Gasteiger partial charge on any atom is 0.337 e. The Kier molecular flexibility index (Phi) is 14.9. The molecule has 0 spiro atoms. The number of amides is 1. The zero-order chi connectivity index (χ0) is 38.1. The Balaban J connectivity index is 0.000000887. The quantitative estimate of drug-likeness (QED) is 0.145. The number of allylic oxidation sites excluding steroid dienone is 3. The van der Waals surface area contributed by atoms with Crippen LogP contribution in [0.1, 0.15) is 122 Å². The average molecular weight is 745 g/mol. The number of halogens is 1. The molecule has 8 atom stereocenters. The molecule has 1 N–H and O–H groups in total. The molecule has 0 saturated heterocycles. The van der Waals surface area contributed by atoms with E-state index in [0.29, 0.717) is 45.4 Å². The second-order valence-electron chi connectivity index (χ2n) is 16.0. The first-order valence-electron chi connectivity index (χ1n) is 18.1. The molecule has 5 aliphatic rings. The zero-order valence-corrected chi connectivity index (χ0v) is 33.4. The highest BCUT2D eigenvalue weighted by Crippen LogP contribution is 2.76. The van der Waals surface area contributed by atoms with Gasteiger partial charge in [-0.3, -0.25) is 4.79 Å². The molecule has 5 aliphatic carbocycles. The number of carbonyl (C=O) groups is 2. The molecule has 6 rings (SSSR count). The van der Waals surface area contributed by atoms with Crippen LogP contribution < -0.4 is 5.32 Å². The Morgan fingerprint density at radius 1 is 0.860 bits per heavy atom. The number of nitrogens with one attached hydrogen (secondary N) is 1. The molecule has 3 unspecified atom stereocenters. The lowest BCUT2D eigenvalue weighted by atomic mass is 9.33. The van der Waals surface area contributed by atoms with Gasteiger partial charge in [0.05, 0.1) is 18.0 Å². The van der Waals surface area contributed by atoms with Gasteiger partial charge >= 0.3 is 5.97 Å². The Morgan fingerprint density at radius 3 is 2.02 bits per heavy atom. The van der Waals surface area contributed by atoms with Crippen molar-refractivity contribution in [3.63, 3.8) is 0 Å². The highest BCUT2D eigenvalue weighted by atomic mass is 79.9. The summed E-state index contributed by atoms with van der Waals surface area (Å²) in [6.45, 7) is 18.2. The standard InChI is InChI=1S/C36H50BrNO3.C3H6.3C2H2/c1-32(2)25(23-9-11-24(12-10-23)31(40)41-6)15-18-33(3)28(32)16-19-35(5)29(33)14-13-26-27-8-7-17-36(27,38-30(39)22-37)21-20-34(26,35)4;1-3-2;3*1-2/h9-12,15,26-29H,7-8,13-14,16-22H2,1-6H3,(H,38,39);3H,1H2,2H3;3*1-2H/t26-,27?,28?,29?,33+,34-,35-,36+;;;;/m1..../s1. The summed E-state index contributed by atoms with van der Waals surface area (Å²) in [5, 5.41) is 3.96. The summed E-state index contributed by atoms with van der Waals surface area (Å²) in [6.07, 6.45) is 40.7. The molecule has 4 fully saturated rings. The number of ether oxygens (including phenoxy) is 1. The van der Waals surface area contributed by atoms with Crippen molar-refractivity contribution in [2.75, 3.05) is 12.4 Å². The summed E-state index contributed by atoms with van der Waals surface area (Å²) < 4.78 is 4.93. The van der Waals surface area contributed by atoms with Gasteiger partial charge in [0.25, 0.3) is 0 Å². The van der Waals surface area contributed by atoms with Crippen LogP contribution >= 0.6 is 15.9 Å². The fourth-order valence-corrected chi connectivity index (χ4v) is 12.2. The van der Waals surface area contributed by atoms with E-state index in [0.717, 1.165) is 19.3 Å². The molecule has 5 heteroatoms. The Morgan fingerprint density at radius 2 is 1.46 bits per heavy atom. The molecule has 0 aromatic heterocycles. The zero-order valence-electron chi connectivity index (χ0n) is 31.8. The number of rotatable bonds is 4. The van der Waals surface area contributed by atoms with Crippen molar-refractivity contribution in [1.82, 2.24) is 5.32 Å². The van der Waals surface area contributed by atoms with E-state index < -0.39 is 0 Å². The Hall–Kier alpha value is -3.20. The minimum Gasteiger partial charge on any atom is -0.465 e. The molecule has 0 aliphatic heterocycles. The fraction of sp³-hybridized carbons (Fsp3) is 0.600. The van der Waals surface area contributed by atoms with Crippen LogP contribution in [0.5, 0.6) is 0 Å². The molecule has 1 aromatic rings. The maximum absolute atomic E-state index is 12.6. The molecule has 4 saturated carbocycles. The number of hydrogen-bond donors (Lipinski definition) is 1. The molecule has 1 aromatic carbocycles. The Labute approximate surface area is 313 Å². The summed E-state index contributed by atoms with van der Waals surface area (Å²) in [5.74, 6) is 2.54. The molecule has 0 bridgehead atoms. The van der Waals surface area contributed by atoms with Crippen LogP contribution in [0.4, 0.5) is 0 Å². The van der Waals surface area contributed by atoms with Gasteiger partial charge in [-0.2, -0.15) is 0 Å². The lowest BCUT2D eigenvalue weighted by Crippen LogP contribution is -2.67. The van der Waals surface area contributed by atoms with Gasteiger partial charge in [0, 0.05) is 5.54 Å². The van der Waals surface area contributed by atoms with Gasteiger partial charge < -0.3 is 10.1 Å². The number of terminal acetylenes is 3. The topological polar surface area (TPSA) is 55.4 Å². The third kappa shape index (κ3) is 7.13. The molecule has 0 radical (unpaired) electrons. The van der Waals surface area contributed by atoms with E-state index in [4.69, 9.17) is 4.74 Å². The summed E-state index contributed by atoms with van der Waals surface area (Å²) in [5.41, 5.74) is 4.28. The van der Waals surface area contributed by atoms with Crippen molar-refractivity contribution in [2.45, 2.75) is 111 Å². The molecule has 50 heavy (non-hydrogen) atoms. The highest BCUT2D eigenvalue weighted by molar-refractivity contribution is 9.09. The summed E-state index contributed by atoms with van der Waals surface area (Å²) in [7, 11) is 1.44. The number of alkyl halides is 1. The molecule has 1 amide bonds. The highest BCUT2D eigenvalue weighted by Gasteiger charge is 2.69. The van der Waals surface area contributed by atoms with Gasteiger partial charge in [0.1, 0.15) is 0 Å². The van der Waals surface area contributed by atoms with Crippen molar-refractivity contribution in [1.29, 1.82) is 0 Å². The van der Waals surface area contributed by atoms with E-state index in [1.54, 1.807) is 6.08 Å². The van der Waals surface area contributed by atoms with Gasteiger partial charge in [0.15, 0.2) is 0 Å². The Bertz CT molecular complexity index is 1420. The van der Waals surface area contributed by atoms with E-state index >= 15 is 0 Å². The van der Waals surface area contributed by atoms with Gasteiger partial charge in [-0.25, -0.2) is 4.79 Å². The van der Waals surface area contributed by atoms with E-state index in [1.807, 2.05) is 19.1 Å². The summed E-state index contributed by atoms with van der Waals surface area (Å²) in [6, 6.07) is 8.06. The normalized spacial score (nSPS) is 35.3. The number of benzene rings is 1. The number of methoxy groups -OCH3 is 1. The van der Waals surface area contributed by atoms with Crippen LogP contribution in [0.3, 0.4) is 0 Å². The first-order chi connectivity index (χ1) is 23.8. The van der Waals surface area contributed by atoms with Crippen LogP contribution in [0.25, 0.3) is 5.57 Å². The average Bonchev–Trinajstić information content (AvgIpc) is 3.54. The first kappa shape index (κ1) is 43.0. The number of fused-ring (bicyclic) bond motifs is 7. The SMILES string of the molecule is C#C.C#C.C#C.C=CC.COC(=O)c1ccc(C2=CC[C@@]3(C)C(CC[C@]4(C)C3CC[C@@H]3C5CCC[C@]5(NC(=O)CBr)CC[C@]34C)C2(C)C)cc1. The summed E-state index contributed by atoms with van der Waals surface area (Å²) >= 11 is 3.41. The van der Waals surface area contributed by atoms with Gasteiger partial charge in [-0.1, -0.05) is 81.3 Å². The van der Waals surface area contributed by atoms with E-state index in [1.165, 1.54) is 63.2 Å². The van der Waals surface area contributed by atoms with E-state index in [9.17, 15) is 9.59 Å². The molecular formula is C45H62BrNO3. The largest absolute Gasteiger partial charge is 0.465 e. The van der Waals surface area contributed by atoms with Crippen molar-refractivity contribution in [2.24, 2.45) is 45.3 Å². The third-order valence-corrected chi connectivity index (χ3v) is 14.6. The van der Waals surface area contributed by atoms with E-state index in [2.05, 4.69) is 119 Å². The van der Waals surface area contributed by atoms with Crippen molar-refractivity contribution < 1.29 is 14.3 Å². The predicted octanol–water partition coefficient (Wildman–Crippen LogP) is 10.5. The molecule has 272 valence electrons. The summed E-state index contributed by atoms with van der Waals surface area (Å²) in [4.78, 5) is 24.6. The van der Waals surface area contributed by atoms with Gasteiger partial charge in [-0.15, -0.1) is 45.1 Å². The van der Waals surface area contributed by atoms with Crippen LogP contribution in [-0.4, -0.2) is 29.9 Å². The van der Waals surface area contributed by atoms with Crippen molar-refractivity contribution in [3.05, 3.63) is 54.1 Å². The lowest BCUT2D eigenvalue weighted by Gasteiger charge is -2.72. The van der Waals surface area contributed by atoms with Gasteiger partial charge in [0.2, 0.25) is 5.91 Å². The van der Waals surface area contributed by atoms with Gasteiger partial charge in [-0.05, 0) is 133 Å². The number of hydrogen-bond acceptors (Lipinski definition) is 3. The van der Waals surface area contributed by atoms with Crippen molar-refractivity contribution in [3.8, 4) is 38.5 Å². The monoisotopic (exact) mass is 743 g/mol. The molecule has 0 heterocycles. The van der Waals surface area contributed by atoms with Crippen molar-refractivity contribution >= 4 is 33.4 Å². The molecular weight excluding hydrogens is 682 g/mol. The predicted molar refractivity (Wildman–Crippen MR) is 214 cm³/mol. The minimum absolute atomic E-state index is 0.0210.